The molecule has 5 nitrogen and oxygen atoms in total. The van der Waals surface area contributed by atoms with Crippen molar-refractivity contribution in [3.8, 4) is 0 Å². The predicted molar refractivity (Wildman–Crippen MR) is 119 cm³/mol. The first-order chi connectivity index (χ1) is 16.1. The van der Waals surface area contributed by atoms with Crippen molar-refractivity contribution in [1.82, 2.24) is 14.7 Å². The smallest absolute Gasteiger partial charge is 0.338 e. The number of hydrogen-bond acceptors (Lipinski definition) is 3. The molecule has 2 aliphatic heterocycles. The molecule has 1 atom stereocenters. The van der Waals surface area contributed by atoms with E-state index in [1.807, 2.05) is 30.3 Å². The Bertz CT molecular complexity index is 1060. The monoisotopic (exact) mass is 497 g/mol. The molecule has 2 fully saturated rings. The molecule has 2 aromatic rings. The zero-order chi connectivity index (χ0) is 24.5. The molecule has 2 heterocycles. The molecular formula is C24H24ClF4N3O2. The molecule has 0 spiro atoms. The van der Waals surface area contributed by atoms with Gasteiger partial charge in [-0.3, -0.25) is 14.5 Å². The summed E-state index contributed by atoms with van der Waals surface area (Å²) in [5, 5.41) is -0.0380. The SMILES string of the molecule is O=C(c1ccc(F)cc1Cl)N1CCN(C(=O)C2(C(F)(F)F)CCN(Cc3ccccc3)C2)CC1. The number of piperazine rings is 1. The number of benzene rings is 2. The van der Waals surface area contributed by atoms with E-state index in [1.165, 1.54) is 15.9 Å². The quantitative estimate of drug-likeness (QED) is 0.594. The van der Waals surface area contributed by atoms with Gasteiger partial charge in [-0.1, -0.05) is 41.9 Å². The number of nitrogens with zero attached hydrogens (tertiary/aromatic N) is 3. The number of hydrogen-bond donors (Lipinski definition) is 0. The molecule has 10 heteroatoms. The van der Waals surface area contributed by atoms with E-state index in [0.717, 1.165) is 17.7 Å². The summed E-state index contributed by atoms with van der Waals surface area (Å²) in [4.78, 5) is 30.2. The van der Waals surface area contributed by atoms with E-state index >= 15 is 0 Å². The number of carbonyl (C=O) groups is 2. The average molecular weight is 498 g/mol. The van der Waals surface area contributed by atoms with Gasteiger partial charge in [-0.25, -0.2) is 4.39 Å². The molecule has 0 bridgehead atoms. The third kappa shape index (κ3) is 4.77. The lowest BCUT2D eigenvalue weighted by molar-refractivity contribution is -0.224. The van der Waals surface area contributed by atoms with Gasteiger partial charge in [-0.15, -0.1) is 0 Å². The predicted octanol–water partition coefficient (Wildman–Crippen LogP) is 4.22. The summed E-state index contributed by atoms with van der Waals surface area (Å²) in [6.07, 6.45) is -4.99. The van der Waals surface area contributed by atoms with Crippen molar-refractivity contribution in [3.63, 3.8) is 0 Å². The summed E-state index contributed by atoms with van der Waals surface area (Å²) in [7, 11) is 0. The lowest BCUT2D eigenvalue weighted by Gasteiger charge is -2.40. The second kappa shape index (κ2) is 9.54. The van der Waals surface area contributed by atoms with E-state index < -0.39 is 35.8 Å². The number of carbonyl (C=O) groups excluding carboxylic acids is 2. The first kappa shape index (κ1) is 24.5. The molecular weight excluding hydrogens is 474 g/mol. The van der Waals surface area contributed by atoms with Crippen molar-refractivity contribution in [1.29, 1.82) is 0 Å². The van der Waals surface area contributed by atoms with Gasteiger partial charge in [-0.05, 0) is 36.7 Å². The molecule has 2 saturated heterocycles. The third-order valence-corrected chi connectivity index (χ3v) is 6.88. The molecule has 0 aliphatic carbocycles. The molecule has 0 radical (unpaired) electrons. The standard InChI is InChI=1S/C24H24ClF4N3O2/c25-20-14-18(26)6-7-19(20)21(33)31-10-12-32(13-11-31)22(34)23(24(27,28)29)8-9-30(16-23)15-17-4-2-1-3-5-17/h1-7,14H,8-13,15-16H2. The molecule has 4 rings (SSSR count). The second-order valence-electron chi connectivity index (χ2n) is 8.73. The van der Waals surface area contributed by atoms with Gasteiger partial charge in [0.2, 0.25) is 5.91 Å². The van der Waals surface area contributed by atoms with Crippen molar-refractivity contribution < 1.29 is 27.2 Å². The van der Waals surface area contributed by atoms with E-state index in [4.69, 9.17) is 11.6 Å². The Morgan fingerprint density at radius 2 is 1.59 bits per heavy atom. The normalized spacial score (nSPS) is 21.7. The number of likely N-dealkylation sites (tertiary alicyclic amines) is 1. The second-order valence-corrected chi connectivity index (χ2v) is 9.14. The van der Waals surface area contributed by atoms with E-state index in [0.29, 0.717) is 6.54 Å². The summed E-state index contributed by atoms with van der Waals surface area (Å²) in [6.45, 7) is 0.225. The van der Waals surface area contributed by atoms with Gasteiger partial charge in [0, 0.05) is 39.3 Å². The van der Waals surface area contributed by atoms with Crippen molar-refractivity contribution in [3.05, 3.63) is 70.5 Å². The maximum Gasteiger partial charge on any atom is 0.404 e. The highest BCUT2D eigenvalue weighted by atomic mass is 35.5. The van der Waals surface area contributed by atoms with Crippen molar-refractivity contribution in [2.75, 3.05) is 39.3 Å². The van der Waals surface area contributed by atoms with Crippen LogP contribution in [0.4, 0.5) is 17.6 Å². The van der Waals surface area contributed by atoms with Crippen LogP contribution in [0.25, 0.3) is 0 Å². The minimum atomic E-state index is -4.69. The molecule has 1 unspecified atom stereocenters. The molecule has 182 valence electrons. The minimum absolute atomic E-state index is 0.0140. The van der Waals surface area contributed by atoms with Crippen LogP contribution in [0.2, 0.25) is 5.02 Å². The van der Waals surface area contributed by atoms with Crippen molar-refractivity contribution in [2.45, 2.75) is 19.1 Å². The van der Waals surface area contributed by atoms with Crippen LogP contribution in [0.15, 0.2) is 48.5 Å². The van der Waals surface area contributed by atoms with Crippen LogP contribution in [0.5, 0.6) is 0 Å². The Morgan fingerprint density at radius 3 is 2.21 bits per heavy atom. The lowest BCUT2D eigenvalue weighted by Crippen LogP contribution is -2.58. The zero-order valence-corrected chi connectivity index (χ0v) is 19.1. The van der Waals surface area contributed by atoms with Gasteiger partial charge in [0.15, 0.2) is 5.41 Å². The van der Waals surface area contributed by atoms with Crippen LogP contribution >= 0.6 is 11.6 Å². The van der Waals surface area contributed by atoms with Gasteiger partial charge >= 0.3 is 6.18 Å². The summed E-state index contributed by atoms with van der Waals surface area (Å²) in [6, 6.07) is 12.6. The van der Waals surface area contributed by atoms with Crippen LogP contribution in [0.3, 0.4) is 0 Å². The molecule has 34 heavy (non-hydrogen) atoms. The summed E-state index contributed by atoms with van der Waals surface area (Å²) < 4.78 is 56.0. The fraction of sp³-hybridized carbons (Fsp3) is 0.417. The molecule has 0 saturated carbocycles. The molecule has 0 aromatic heterocycles. The Kier molecular flexibility index (Phi) is 6.87. The van der Waals surface area contributed by atoms with Gasteiger partial charge in [0.05, 0.1) is 10.6 Å². The van der Waals surface area contributed by atoms with E-state index in [-0.39, 0.29) is 49.7 Å². The van der Waals surface area contributed by atoms with E-state index in [1.54, 1.807) is 4.90 Å². The first-order valence-electron chi connectivity index (χ1n) is 11.0. The minimum Gasteiger partial charge on any atom is -0.338 e. The van der Waals surface area contributed by atoms with Crippen LogP contribution in [-0.4, -0.2) is 72.0 Å². The van der Waals surface area contributed by atoms with Gasteiger partial charge in [0.25, 0.3) is 5.91 Å². The average Bonchev–Trinajstić information content (AvgIpc) is 3.24. The summed E-state index contributed by atoms with van der Waals surface area (Å²) in [5.74, 6) is -1.97. The van der Waals surface area contributed by atoms with Gasteiger partial charge in [0.1, 0.15) is 5.82 Å². The highest BCUT2D eigenvalue weighted by molar-refractivity contribution is 6.33. The first-order valence-corrected chi connectivity index (χ1v) is 11.4. The largest absolute Gasteiger partial charge is 0.404 e. The van der Waals surface area contributed by atoms with Crippen molar-refractivity contribution in [2.24, 2.45) is 5.41 Å². The van der Waals surface area contributed by atoms with Crippen LogP contribution in [-0.2, 0) is 11.3 Å². The molecule has 2 aliphatic rings. The maximum atomic E-state index is 14.3. The van der Waals surface area contributed by atoms with Gasteiger partial charge < -0.3 is 9.80 Å². The maximum absolute atomic E-state index is 14.3. The fourth-order valence-electron chi connectivity index (χ4n) is 4.64. The summed E-state index contributed by atoms with van der Waals surface area (Å²) in [5.41, 5.74) is -1.46. The third-order valence-electron chi connectivity index (χ3n) is 6.56. The number of rotatable bonds is 4. The molecule has 2 amide bonds. The van der Waals surface area contributed by atoms with Crippen LogP contribution in [0, 0.1) is 11.2 Å². The van der Waals surface area contributed by atoms with E-state index in [9.17, 15) is 27.2 Å². The molecule has 0 N–H and O–H groups in total. The highest BCUT2D eigenvalue weighted by Crippen LogP contribution is 2.47. The zero-order valence-electron chi connectivity index (χ0n) is 18.3. The number of alkyl halides is 3. The summed E-state index contributed by atoms with van der Waals surface area (Å²) >= 11 is 5.97. The Morgan fingerprint density at radius 1 is 0.941 bits per heavy atom. The van der Waals surface area contributed by atoms with E-state index in [2.05, 4.69) is 0 Å². The number of amides is 2. The van der Waals surface area contributed by atoms with Crippen LogP contribution in [0.1, 0.15) is 22.3 Å². The highest BCUT2D eigenvalue weighted by Gasteiger charge is 2.64. The van der Waals surface area contributed by atoms with Crippen molar-refractivity contribution >= 4 is 23.4 Å². The number of halogens is 5. The lowest BCUT2D eigenvalue weighted by atomic mass is 9.84. The Hall–Kier alpha value is -2.65. The fourth-order valence-corrected chi connectivity index (χ4v) is 4.89. The Balaban J connectivity index is 1.43. The topological polar surface area (TPSA) is 43.9 Å². The van der Waals surface area contributed by atoms with Gasteiger partial charge in [-0.2, -0.15) is 13.2 Å². The van der Waals surface area contributed by atoms with Crippen LogP contribution < -0.4 is 0 Å². The Labute approximate surface area is 199 Å². The molecule has 2 aromatic carbocycles.